The zero-order chi connectivity index (χ0) is 13.0. The Hall–Kier alpha value is -1.46. The fraction of sp³-hybridized carbons (Fsp3) is 0.462. The summed E-state index contributed by atoms with van der Waals surface area (Å²) in [5, 5.41) is 8.66. The second kappa shape index (κ2) is 5.93. The molecule has 98 valence electrons. The van der Waals surface area contributed by atoms with E-state index in [1.54, 1.807) is 6.07 Å². The molecular formula is C13H16FNO3. The summed E-state index contributed by atoms with van der Waals surface area (Å²) >= 11 is 0. The lowest BCUT2D eigenvalue weighted by Crippen LogP contribution is -2.39. The molecule has 0 amide bonds. The largest absolute Gasteiger partial charge is 0.481 e. The predicted octanol–water partition coefficient (Wildman–Crippen LogP) is 1.67. The molecule has 2 rings (SSSR count). The van der Waals surface area contributed by atoms with Gasteiger partial charge in [-0.1, -0.05) is 12.1 Å². The number of halogens is 1. The Kier molecular flexibility index (Phi) is 4.28. The smallest absolute Gasteiger partial charge is 0.304 e. The number of rotatable bonds is 4. The highest BCUT2D eigenvalue weighted by Crippen LogP contribution is 2.22. The van der Waals surface area contributed by atoms with Crippen molar-refractivity contribution in [2.24, 2.45) is 0 Å². The van der Waals surface area contributed by atoms with Crippen LogP contribution >= 0.6 is 0 Å². The van der Waals surface area contributed by atoms with Crippen LogP contribution in [0.25, 0.3) is 0 Å². The number of benzene rings is 1. The van der Waals surface area contributed by atoms with Crippen LogP contribution in [-0.4, -0.2) is 42.2 Å². The first kappa shape index (κ1) is 13.0. The first-order valence-corrected chi connectivity index (χ1v) is 5.96. The van der Waals surface area contributed by atoms with Gasteiger partial charge >= 0.3 is 5.97 Å². The van der Waals surface area contributed by atoms with E-state index in [1.165, 1.54) is 12.1 Å². The Morgan fingerprint density at radius 3 is 3.11 bits per heavy atom. The van der Waals surface area contributed by atoms with Crippen LogP contribution in [0.4, 0.5) is 4.39 Å². The van der Waals surface area contributed by atoms with Crippen molar-refractivity contribution < 1.29 is 19.0 Å². The second-order valence-electron chi connectivity index (χ2n) is 4.36. The molecule has 0 bridgehead atoms. The number of carboxylic acid groups (broad SMARTS) is 1. The maximum Gasteiger partial charge on any atom is 0.304 e. The highest BCUT2D eigenvalue weighted by Gasteiger charge is 2.22. The number of carboxylic acids is 1. The van der Waals surface area contributed by atoms with Crippen LogP contribution in [-0.2, 0) is 9.53 Å². The van der Waals surface area contributed by atoms with Crippen LogP contribution in [0.5, 0.6) is 0 Å². The molecule has 1 aliphatic heterocycles. The number of carbonyl (C=O) groups is 1. The number of hydrogen-bond acceptors (Lipinski definition) is 3. The van der Waals surface area contributed by atoms with E-state index in [1.807, 2.05) is 11.0 Å². The summed E-state index contributed by atoms with van der Waals surface area (Å²) in [6.45, 7) is 2.38. The van der Waals surface area contributed by atoms with Crippen LogP contribution in [0.15, 0.2) is 24.3 Å². The van der Waals surface area contributed by atoms with E-state index in [-0.39, 0.29) is 18.3 Å². The van der Waals surface area contributed by atoms with E-state index >= 15 is 0 Å². The van der Waals surface area contributed by atoms with E-state index in [9.17, 15) is 9.18 Å². The maximum absolute atomic E-state index is 13.1. The second-order valence-corrected chi connectivity index (χ2v) is 4.36. The van der Waals surface area contributed by atoms with E-state index in [4.69, 9.17) is 9.84 Å². The molecule has 1 aromatic carbocycles. The monoisotopic (exact) mass is 253 g/mol. The summed E-state index contributed by atoms with van der Waals surface area (Å²) in [6, 6.07) is 6.35. The van der Waals surface area contributed by atoms with Gasteiger partial charge in [0, 0.05) is 19.6 Å². The van der Waals surface area contributed by atoms with Crippen LogP contribution in [0.2, 0.25) is 0 Å². The summed E-state index contributed by atoms with van der Waals surface area (Å²) in [5.41, 5.74) is 0.801. The Bertz CT molecular complexity index is 424. The summed E-state index contributed by atoms with van der Waals surface area (Å²) in [4.78, 5) is 12.6. The average Bonchev–Trinajstić information content (AvgIpc) is 2.37. The Balaban J connectivity index is 1.96. The molecule has 1 saturated heterocycles. The minimum Gasteiger partial charge on any atom is -0.481 e. The number of nitrogens with zero attached hydrogens (tertiary/aromatic N) is 1. The van der Waals surface area contributed by atoms with Gasteiger partial charge in [-0.2, -0.15) is 0 Å². The quantitative estimate of drug-likeness (QED) is 0.886. The number of ether oxygens (including phenoxy) is 1. The van der Waals surface area contributed by atoms with Gasteiger partial charge in [-0.25, -0.2) is 4.39 Å². The third-order valence-corrected chi connectivity index (χ3v) is 3.01. The van der Waals surface area contributed by atoms with Gasteiger partial charge in [0.25, 0.3) is 0 Å². The molecule has 1 aliphatic rings. The molecule has 0 spiro atoms. The van der Waals surface area contributed by atoms with Crippen molar-refractivity contribution in [3.63, 3.8) is 0 Å². The van der Waals surface area contributed by atoms with Crippen molar-refractivity contribution in [1.29, 1.82) is 0 Å². The van der Waals surface area contributed by atoms with Gasteiger partial charge in [0.2, 0.25) is 0 Å². The standard InChI is InChI=1S/C13H16FNO3/c14-11-3-1-2-10(8-11)12-9-15(6-7-18-12)5-4-13(16)17/h1-3,8,12H,4-7,9H2,(H,16,17). The van der Waals surface area contributed by atoms with Crippen LogP contribution in [0, 0.1) is 5.82 Å². The van der Waals surface area contributed by atoms with Crippen molar-refractivity contribution in [2.45, 2.75) is 12.5 Å². The van der Waals surface area contributed by atoms with Gasteiger partial charge in [-0.15, -0.1) is 0 Å². The lowest BCUT2D eigenvalue weighted by atomic mass is 10.1. The van der Waals surface area contributed by atoms with Crippen LogP contribution < -0.4 is 0 Å². The molecule has 1 fully saturated rings. The Labute approximate surface area is 105 Å². The third-order valence-electron chi connectivity index (χ3n) is 3.01. The zero-order valence-corrected chi connectivity index (χ0v) is 10.0. The molecule has 1 N–H and O–H groups in total. The molecule has 0 radical (unpaired) electrons. The molecule has 1 unspecified atom stereocenters. The fourth-order valence-electron chi connectivity index (χ4n) is 2.07. The SMILES string of the molecule is O=C(O)CCN1CCOC(c2cccc(F)c2)C1. The molecule has 1 atom stereocenters. The predicted molar refractivity (Wildman–Crippen MR) is 63.8 cm³/mol. The third kappa shape index (κ3) is 3.51. The minimum absolute atomic E-state index is 0.121. The average molecular weight is 253 g/mol. The highest BCUT2D eigenvalue weighted by molar-refractivity contribution is 5.66. The lowest BCUT2D eigenvalue weighted by Gasteiger charge is -2.32. The molecule has 0 aliphatic carbocycles. The number of morpholine rings is 1. The van der Waals surface area contributed by atoms with Crippen molar-refractivity contribution in [2.75, 3.05) is 26.2 Å². The topological polar surface area (TPSA) is 49.8 Å². The highest BCUT2D eigenvalue weighted by atomic mass is 19.1. The van der Waals surface area contributed by atoms with Gasteiger partial charge in [0.05, 0.1) is 19.1 Å². The lowest BCUT2D eigenvalue weighted by molar-refractivity contribution is -0.137. The number of hydrogen-bond donors (Lipinski definition) is 1. The minimum atomic E-state index is -0.802. The van der Waals surface area contributed by atoms with Crippen molar-refractivity contribution in [1.82, 2.24) is 4.90 Å². The van der Waals surface area contributed by atoms with Crippen molar-refractivity contribution >= 4 is 5.97 Å². The first-order valence-electron chi connectivity index (χ1n) is 5.96. The fourth-order valence-corrected chi connectivity index (χ4v) is 2.07. The van der Waals surface area contributed by atoms with E-state index < -0.39 is 5.97 Å². The van der Waals surface area contributed by atoms with Gasteiger partial charge in [0.15, 0.2) is 0 Å². The van der Waals surface area contributed by atoms with Gasteiger partial charge < -0.3 is 9.84 Å². The summed E-state index contributed by atoms with van der Waals surface area (Å²) < 4.78 is 18.7. The zero-order valence-electron chi connectivity index (χ0n) is 10.0. The molecule has 5 heteroatoms. The first-order chi connectivity index (χ1) is 8.65. The van der Waals surface area contributed by atoms with Gasteiger partial charge in [0.1, 0.15) is 5.82 Å². The van der Waals surface area contributed by atoms with Crippen molar-refractivity contribution in [3.05, 3.63) is 35.6 Å². The Morgan fingerprint density at radius 2 is 2.39 bits per heavy atom. The number of aliphatic carboxylic acids is 1. The molecular weight excluding hydrogens is 237 g/mol. The van der Waals surface area contributed by atoms with Crippen LogP contribution in [0.1, 0.15) is 18.1 Å². The van der Waals surface area contributed by atoms with E-state index in [0.29, 0.717) is 19.7 Å². The summed E-state index contributed by atoms with van der Waals surface area (Å²) in [6.07, 6.45) is -0.0566. The molecule has 0 saturated carbocycles. The Morgan fingerprint density at radius 1 is 1.56 bits per heavy atom. The van der Waals surface area contributed by atoms with Crippen molar-refractivity contribution in [3.8, 4) is 0 Å². The molecule has 18 heavy (non-hydrogen) atoms. The van der Waals surface area contributed by atoms with Gasteiger partial charge in [-0.3, -0.25) is 9.69 Å². The van der Waals surface area contributed by atoms with E-state index in [0.717, 1.165) is 12.1 Å². The normalized spacial score (nSPS) is 20.8. The molecule has 1 aromatic rings. The van der Waals surface area contributed by atoms with E-state index in [2.05, 4.69) is 0 Å². The summed E-state index contributed by atoms with van der Waals surface area (Å²) in [7, 11) is 0. The molecule has 4 nitrogen and oxygen atoms in total. The maximum atomic E-state index is 13.1. The van der Waals surface area contributed by atoms with Gasteiger partial charge in [-0.05, 0) is 17.7 Å². The molecule has 1 heterocycles. The molecule has 0 aromatic heterocycles. The summed E-state index contributed by atoms with van der Waals surface area (Å²) in [5.74, 6) is -1.08. The van der Waals surface area contributed by atoms with Crippen LogP contribution in [0.3, 0.4) is 0 Å².